The number of ether oxygens (including phenoxy) is 1. The first-order valence-electron chi connectivity index (χ1n) is 6.57. The molecule has 0 radical (unpaired) electrons. The van der Waals surface area contributed by atoms with Gasteiger partial charge < -0.3 is 10.1 Å². The summed E-state index contributed by atoms with van der Waals surface area (Å²) in [6, 6.07) is 2.15. The van der Waals surface area contributed by atoms with Crippen LogP contribution in [0.5, 0.6) is 0 Å². The van der Waals surface area contributed by atoms with E-state index in [1.165, 1.54) is 16.1 Å². The van der Waals surface area contributed by atoms with Gasteiger partial charge >= 0.3 is 0 Å². The Hall–Kier alpha value is -0.690. The molecule has 2 heterocycles. The SMILES string of the molecule is COCCNCc1c(C)nn(Cc2cc(Br)cs2)c1C. The van der Waals surface area contributed by atoms with E-state index in [-0.39, 0.29) is 0 Å². The normalized spacial score (nSPS) is 11.2. The third-order valence-corrected chi connectivity index (χ3v) is 4.93. The maximum Gasteiger partial charge on any atom is 0.0755 e. The molecular formula is C14H20BrN3OS. The number of rotatable bonds is 7. The lowest BCUT2D eigenvalue weighted by molar-refractivity contribution is 0.199. The molecule has 2 rings (SSSR count). The summed E-state index contributed by atoms with van der Waals surface area (Å²) in [7, 11) is 1.72. The van der Waals surface area contributed by atoms with Crippen LogP contribution < -0.4 is 5.32 Å². The third kappa shape index (κ3) is 3.91. The van der Waals surface area contributed by atoms with Crippen LogP contribution in [-0.2, 0) is 17.8 Å². The second-order valence-corrected chi connectivity index (χ2v) is 6.62. The molecule has 0 fully saturated rings. The van der Waals surface area contributed by atoms with Crippen LogP contribution in [0.4, 0.5) is 0 Å². The van der Waals surface area contributed by atoms with Gasteiger partial charge in [-0.05, 0) is 35.8 Å². The number of aryl methyl sites for hydroxylation is 1. The first-order valence-corrected chi connectivity index (χ1v) is 8.24. The van der Waals surface area contributed by atoms with Gasteiger partial charge in [0.15, 0.2) is 0 Å². The van der Waals surface area contributed by atoms with Crippen LogP contribution in [0.3, 0.4) is 0 Å². The minimum absolute atomic E-state index is 0.732. The molecule has 6 heteroatoms. The van der Waals surface area contributed by atoms with Gasteiger partial charge in [0.2, 0.25) is 0 Å². The highest BCUT2D eigenvalue weighted by Crippen LogP contribution is 2.22. The molecule has 2 aromatic heterocycles. The largest absolute Gasteiger partial charge is 0.383 e. The zero-order valence-corrected chi connectivity index (χ0v) is 14.5. The fourth-order valence-electron chi connectivity index (χ4n) is 2.12. The topological polar surface area (TPSA) is 39.1 Å². The quantitative estimate of drug-likeness (QED) is 0.773. The van der Waals surface area contributed by atoms with Gasteiger partial charge in [-0.1, -0.05) is 0 Å². The van der Waals surface area contributed by atoms with Crippen molar-refractivity contribution in [3.05, 3.63) is 37.7 Å². The molecule has 4 nitrogen and oxygen atoms in total. The molecular weight excluding hydrogens is 338 g/mol. The van der Waals surface area contributed by atoms with E-state index >= 15 is 0 Å². The Morgan fingerprint density at radius 3 is 2.90 bits per heavy atom. The molecule has 0 atom stereocenters. The average molecular weight is 358 g/mol. The van der Waals surface area contributed by atoms with E-state index in [2.05, 4.69) is 56.3 Å². The van der Waals surface area contributed by atoms with Crippen molar-refractivity contribution in [1.82, 2.24) is 15.1 Å². The van der Waals surface area contributed by atoms with Crippen molar-refractivity contribution in [2.75, 3.05) is 20.3 Å². The molecule has 0 spiro atoms. The van der Waals surface area contributed by atoms with Crippen molar-refractivity contribution in [3.8, 4) is 0 Å². The van der Waals surface area contributed by atoms with Gasteiger partial charge in [0.25, 0.3) is 0 Å². The zero-order valence-electron chi connectivity index (χ0n) is 12.1. The molecule has 0 unspecified atom stereocenters. The summed E-state index contributed by atoms with van der Waals surface area (Å²) in [6.07, 6.45) is 0. The Morgan fingerprint density at radius 1 is 1.45 bits per heavy atom. The number of aromatic nitrogens is 2. The lowest BCUT2D eigenvalue weighted by Gasteiger charge is -2.06. The zero-order chi connectivity index (χ0) is 14.5. The summed E-state index contributed by atoms with van der Waals surface area (Å²) < 4.78 is 8.26. The van der Waals surface area contributed by atoms with Crippen LogP contribution in [0.25, 0.3) is 0 Å². The Bertz CT molecular complexity index is 565. The summed E-state index contributed by atoms with van der Waals surface area (Å²) >= 11 is 5.24. The van der Waals surface area contributed by atoms with E-state index in [1.54, 1.807) is 18.4 Å². The summed E-state index contributed by atoms with van der Waals surface area (Å²) in [6.45, 7) is 7.47. The van der Waals surface area contributed by atoms with Crippen molar-refractivity contribution in [3.63, 3.8) is 0 Å². The summed E-state index contributed by atoms with van der Waals surface area (Å²) in [5.74, 6) is 0. The second kappa shape index (κ2) is 7.36. The Kier molecular flexibility index (Phi) is 5.77. The summed E-state index contributed by atoms with van der Waals surface area (Å²) in [4.78, 5) is 1.31. The number of halogens is 1. The first-order chi connectivity index (χ1) is 9.61. The predicted molar refractivity (Wildman–Crippen MR) is 86.4 cm³/mol. The Morgan fingerprint density at radius 2 is 2.25 bits per heavy atom. The Balaban J connectivity index is 2.04. The van der Waals surface area contributed by atoms with Crippen LogP contribution >= 0.6 is 27.3 Å². The highest BCUT2D eigenvalue weighted by atomic mass is 79.9. The van der Waals surface area contributed by atoms with Crippen LogP contribution in [0, 0.1) is 13.8 Å². The lowest BCUT2D eigenvalue weighted by Crippen LogP contribution is -2.19. The predicted octanol–water partition coefficient (Wildman–Crippen LogP) is 3.11. The highest BCUT2D eigenvalue weighted by molar-refractivity contribution is 9.10. The molecule has 0 bridgehead atoms. The van der Waals surface area contributed by atoms with Crippen molar-refractivity contribution in [1.29, 1.82) is 0 Å². The van der Waals surface area contributed by atoms with Gasteiger partial charge in [-0.2, -0.15) is 5.10 Å². The number of nitrogens with one attached hydrogen (secondary N) is 1. The van der Waals surface area contributed by atoms with E-state index in [0.29, 0.717) is 0 Å². The van der Waals surface area contributed by atoms with Gasteiger partial charge in [0, 0.05) is 46.2 Å². The van der Waals surface area contributed by atoms with E-state index in [1.807, 2.05) is 0 Å². The van der Waals surface area contributed by atoms with E-state index in [0.717, 1.165) is 36.4 Å². The maximum atomic E-state index is 5.04. The van der Waals surface area contributed by atoms with Crippen LogP contribution in [0.1, 0.15) is 21.8 Å². The van der Waals surface area contributed by atoms with Gasteiger partial charge in [0.05, 0.1) is 18.8 Å². The number of nitrogens with zero attached hydrogens (tertiary/aromatic N) is 2. The summed E-state index contributed by atoms with van der Waals surface area (Å²) in [5, 5.41) is 10.1. The van der Waals surface area contributed by atoms with Crippen molar-refractivity contribution < 1.29 is 4.74 Å². The number of hydrogen-bond donors (Lipinski definition) is 1. The van der Waals surface area contributed by atoms with E-state index in [4.69, 9.17) is 4.74 Å². The van der Waals surface area contributed by atoms with E-state index < -0.39 is 0 Å². The number of thiophene rings is 1. The molecule has 2 aromatic rings. The van der Waals surface area contributed by atoms with Gasteiger partial charge in [0.1, 0.15) is 0 Å². The third-order valence-electron chi connectivity index (χ3n) is 3.24. The van der Waals surface area contributed by atoms with Crippen molar-refractivity contribution in [2.45, 2.75) is 26.9 Å². The monoisotopic (exact) mass is 357 g/mol. The van der Waals surface area contributed by atoms with E-state index in [9.17, 15) is 0 Å². The number of methoxy groups -OCH3 is 1. The molecule has 110 valence electrons. The van der Waals surface area contributed by atoms with Crippen molar-refractivity contribution in [2.24, 2.45) is 0 Å². The smallest absolute Gasteiger partial charge is 0.0755 e. The molecule has 1 N–H and O–H groups in total. The number of hydrogen-bond acceptors (Lipinski definition) is 4. The molecule has 0 saturated heterocycles. The minimum atomic E-state index is 0.732. The fourth-order valence-corrected chi connectivity index (χ4v) is 3.55. The van der Waals surface area contributed by atoms with Crippen LogP contribution in [-0.4, -0.2) is 30.0 Å². The molecule has 0 aliphatic heterocycles. The molecule has 20 heavy (non-hydrogen) atoms. The maximum absolute atomic E-state index is 5.04. The fraction of sp³-hybridized carbons (Fsp3) is 0.500. The summed E-state index contributed by atoms with van der Waals surface area (Å²) in [5.41, 5.74) is 3.62. The molecule has 0 aromatic carbocycles. The lowest BCUT2D eigenvalue weighted by atomic mass is 10.2. The Labute approximate surface area is 132 Å². The standard InChI is InChI=1S/C14H20BrN3OS/c1-10-14(7-16-4-5-19-3)11(2)18(17-10)8-13-6-12(15)9-20-13/h6,9,16H,4-5,7-8H2,1-3H3. The van der Waals surface area contributed by atoms with Crippen molar-refractivity contribution >= 4 is 27.3 Å². The first kappa shape index (κ1) is 15.7. The molecule has 0 aliphatic rings. The molecule has 0 amide bonds. The van der Waals surface area contributed by atoms with Crippen LogP contribution in [0.2, 0.25) is 0 Å². The van der Waals surface area contributed by atoms with Gasteiger partial charge in [-0.15, -0.1) is 11.3 Å². The molecule has 0 saturated carbocycles. The average Bonchev–Trinajstić information content (AvgIpc) is 2.93. The van der Waals surface area contributed by atoms with Gasteiger partial charge in [-0.25, -0.2) is 0 Å². The minimum Gasteiger partial charge on any atom is -0.383 e. The molecule has 0 aliphatic carbocycles. The highest BCUT2D eigenvalue weighted by Gasteiger charge is 2.11. The van der Waals surface area contributed by atoms with Crippen LogP contribution in [0.15, 0.2) is 15.9 Å². The second-order valence-electron chi connectivity index (χ2n) is 4.71. The van der Waals surface area contributed by atoms with Gasteiger partial charge in [-0.3, -0.25) is 4.68 Å².